The van der Waals surface area contributed by atoms with Crippen molar-refractivity contribution in [2.45, 2.75) is 53.4 Å². The van der Waals surface area contributed by atoms with E-state index in [1.54, 1.807) is 0 Å². The maximum absolute atomic E-state index is 4.36. The van der Waals surface area contributed by atoms with Gasteiger partial charge in [-0.1, -0.05) is 18.6 Å². The van der Waals surface area contributed by atoms with Crippen molar-refractivity contribution in [1.82, 2.24) is 0 Å². The van der Waals surface area contributed by atoms with E-state index in [2.05, 4.69) is 38.8 Å². The zero-order valence-corrected chi connectivity index (χ0v) is 9.56. The number of nitrogens with zero attached hydrogens (tertiary/aromatic N) is 1. The molecule has 0 atom stereocenters. The molecule has 0 aliphatic heterocycles. The summed E-state index contributed by atoms with van der Waals surface area (Å²) >= 11 is 0. The van der Waals surface area contributed by atoms with E-state index in [9.17, 15) is 0 Å². The quantitative estimate of drug-likeness (QED) is 0.434. The van der Waals surface area contributed by atoms with Gasteiger partial charge in [0, 0.05) is 12.3 Å². The van der Waals surface area contributed by atoms with Crippen LogP contribution in [0.2, 0.25) is 0 Å². The Bertz CT molecular complexity index is 158. The lowest BCUT2D eigenvalue weighted by atomic mass is 10.1. The Kier molecular flexibility index (Phi) is 7.66. The molecule has 1 heteroatoms. The Morgan fingerprint density at radius 1 is 1.15 bits per heavy atom. The summed E-state index contributed by atoms with van der Waals surface area (Å²) in [7, 11) is 0. The molecule has 0 heterocycles. The lowest BCUT2D eigenvalue weighted by molar-refractivity contribution is 0.841. The summed E-state index contributed by atoms with van der Waals surface area (Å²) in [5, 5.41) is 0. The highest BCUT2D eigenvalue weighted by atomic mass is 14.7. The van der Waals surface area contributed by atoms with Crippen molar-refractivity contribution in [2.75, 3.05) is 6.54 Å². The van der Waals surface area contributed by atoms with Crippen LogP contribution in [0.15, 0.2) is 16.6 Å². The fourth-order valence-electron chi connectivity index (χ4n) is 1.42. The summed E-state index contributed by atoms with van der Waals surface area (Å²) in [5.74, 6) is 0. The van der Waals surface area contributed by atoms with Crippen LogP contribution >= 0.6 is 0 Å². The molecule has 0 rings (SSSR count). The molecule has 0 aromatic carbocycles. The molecule has 76 valence electrons. The van der Waals surface area contributed by atoms with Crippen LogP contribution in [-0.4, -0.2) is 12.3 Å². The second-order valence-electron chi connectivity index (χ2n) is 3.52. The maximum atomic E-state index is 4.36. The van der Waals surface area contributed by atoms with E-state index in [-0.39, 0.29) is 0 Å². The lowest BCUT2D eigenvalue weighted by Crippen LogP contribution is -1.92. The molecule has 0 aromatic rings. The summed E-state index contributed by atoms with van der Waals surface area (Å²) in [6.07, 6.45) is 7.10. The molecule has 0 radical (unpaired) electrons. The zero-order valence-electron chi connectivity index (χ0n) is 9.56. The van der Waals surface area contributed by atoms with E-state index < -0.39 is 0 Å². The van der Waals surface area contributed by atoms with Crippen LogP contribution in [0.4, 0.5) is 0 Å². The van der Waals surface area contributed by atoms with Gasteiger partial charge in [-0.3, -0.25) is 4.99 Å². The summed E-state index contributed by atoms with van der Waals surface area (Å²) in [6.45, 7) is 9.55. The van der Waals surface area contributed by atoms with Gasteiger partial charge < -0.3 is 0 Å². The fraction of sp³-hybridized carbons (Fsp3) is 0.750. The molecule has 0 spiro atoms. The molecule has 0 N–H and O–H groups in total. The first kappa shape index (κ1) is 12.4. The summed E-state index contributed by atoms with van der Waals surface area (Å²) in [6, 6.07) is 0. The number of allylic oxidation sites excluding steroid dienone is 2. The molecule has 13 heavy (non-hydrogen) atoms. The maximum Gasteiger partial charge on any atom is 0.0360 e. The van der Waals surface area contributed by atoms with Gasteiger partial charge in [0.25, 0.3) is 0 Å². The van der Waals surface area contributed by atoms with Crippen LogP contribution in [0.5, 0.6) is 0 Å². The van der Waals surface area contributed by atoms with Gasteiger partial charge in [0.05, 0.1) is 0 Å². The Balaban J connectivity index is 3.56. The van der Waals surface area contributed by atoms with Crippen molar-refractivity contribution >= 4 is 5.71 Å². The third-order valence-electron chi connectivity index (χ3n) is 2.09. The smallest absolute Gasteiger partial charge is 0.0360 e. The predicted molar refractivity (Wildman–Crippen MR) is 61.5 cm³/mol. The first-order valence-electron chi connectivity index (χ1n) is 5.36. The standard InChI is InChI=1S/C12H23N/c1-5-8-11(3)9-7-10-12(4)13-6-2/h8H,5-7,9-10H2,1-4H3. The van der Waals surface area contributed by atoms with E-state index in [0.29, 0.717) is 0 Å². The molecule has 1 nitrogen and oxygen atoms in total. The second-order valence-corrected chi connectivity index (χ2v) is 3.52. The minimum Gasteiger partial charge on any atom is -0.295 e. The molecule has 0 aliphatic rings. The number of aliphatic imine (C=N–C) groups is 1. The number of rotatable bonds is 6. The Labute approximate surface area is 83.0 Å². The number of hydrogen-bond donors (Lipinski definition) is 0. The average Bonchev–Trinajstić information content (AvgIpc) is 2.05. The van der Waals surface area contributed by atoms with Gasteiger partial charge in [-0.25, -0.2) is 0 Å². The molecule has 0 saturated carbocycles. The van der Waals surface area contributed by atoms with E-state index >= 15 is 0 Å². The summed E-state index contributed by atoms with van der Waals surface area (Å²) in [5.41, 5.74) is 2.82. The normalized spacial score (nSPS) is 13.5. The van der Waals surface area contributed by atoms with Crippen LogP contribution in [-0.2, 0) is 0 Å². The van der Waals surface area contributed by atoms with Crippen molar-refractivity contribution in [2.24, 2.45) is 4.99 Å². The van der Waals surface area contributed by atoms with Crippen molar-refractivity contribution in [3.8, 4) is 0 Å². The fourth-order valence-corrected chi connectivity index (χ4v) is 1.42. The van der Waals surface area contributed by atoms with E-state index in [1.165, 1.54) is 24.1 Å². The van der Waals surface area contributed by atoms with Crippen LogP contribution in [0.3, 0.4) is 0 Å². The molecular formula is C12H23N. The molecule has 0 aromatic heterocycles. The highest BCUT2D eigenvalue weighted by molar-refractivity contribution is 5.81. The van der Waals surface area contributed by atoms with Gasteiger partial charge in [-0.05, 0) is 46.5 Å². The van der Waals surface area contributed by atoms with Gasteiger partial charge in [-0.15, -0.1) is 0 Å². The van der Waals surface area contributed by atoms with Crippen LogP contribution in [0, 0.1) is 0 Å². The minimum atomic E-state index is 0.926. The van der Waals surface area contributed by atoms with Gasteiger partial charge in [0.15, 0.2) is 0 Å². The first-order valence-corrected chi connectivity index (χ1v) is 5.36. The van der Waals surface area contributed by atoms with Crippen molar-refractivity contribution in [1.29, 1.82) is 0 Å². The number of hydrogen-bond acceptors (Lipinski definition) is 1. The molecule has 0 unspecified atom stereocenters. The first-order chi connectivity index (χ1) is 6.20. The lowest BCUT2D eigenvalue weighted by Gasteiger charge is -2.01. The van der Waals surface area contributed by atoms with Gasteiger partial charge >= 0.3 is 0 Å². The highest BCUT2D eigenvalue weighted by Crippen LogP contribution is 2.07. The summed E-state index contributed by atoms with van der Waals surface area (Å²) < 4.78 is 0. The third kappa shape index (κ3) is 7.76. The van der Waals surface area contributed by atoms with Crippen molar-refractivity contribution in [3.05, 3.63) is 11.6 Å². The second kappa shape index (κ2) is 8.03. The zero-order chi connectivity index (χ0) is 10.1. The molecule has 0 amide bonds. The Morgan fingerprint density at radius 2 is 1.85 bits per heavy atom. The molecular weight excluding hydrogens is 158 g/mol. The summed E-state index contributed by atoms with van der Waals surface area (Å²) in [4.78, 5) is 4.36. The van der Waals surface area contributed by atoms with Crippen LogP contribution in [0.25, 0.3) is 0 Å². The van der Waals surface area contributed by atoms with Crippen LogP contribution in [0.1, 0.15) is 53.4 Å². The van der Waals surface area contributed by atoms with Crippen molar-refractivity contribution in [3.63, 3.8) is 0 Å². The van der Waals surface area contributed by atoms with E-state index in [4.69, 9.17) is 0 Å². The van der Waals surface area contributed by atoms with Crippen LogP contribution < -0.4 is 0 Å². The Hall–Kier alpha value is -0.590. The molecule has 0 bridgehead atoms. The largest absolute Gasteiger partial charge is 0.295 e. The van der Waals surface area contributed by atoms with E-state index in [0.717, 1.165) is 19.4 Å². The average molecular weight is 181 g/mol. The third-order valence-corrected chi connectivity index (χ3v) is 2.09. The van der Waals surface area contributed by atoms with E-state index in [1.807, 2.05) is 0 Å². The van der Waals surface area contributed by atoms with Gasteiger partial charge in [0.2, 0.25) is 0 Å². The minimum absolute atomic E-state index is 0.926. The van der Waals surface area contributed by atoms with Gasteiger partial charge in [0.1, 0.15) is 0 Å². The Morgan fingerprint density at radius 3 is 2.38 bits per heavy atom. The SMILES string of the molecule is CCC=C(C)CCCC(C)=NCC. The highest BCUT2D eigenvalue weighted by Gasteiger charge is 1.93. The monoisotopic (exact) mass is 181 g/mol. The van der Waals surface area contributed by atoms with Gasteiger partial charge in [-0.2, -0.15) is 0 Å². The topological polar surface area (TPSA) is 12.4 Å². The predicted octanol–water partition coefficient (Wildman–Crippen LogP) is 3.99. The van der Waals surface area contributed by atoms with Crippen molar-refractivity contribution < 1.29 is 0 Å². The molecule has 0 fully saturated rings. The molecule has 0 saturated heterocycles. The molecule has 0 aliphatic carbocycles.